The number of alkyl halides is 1. The van der Waals surface area contributed by atoms with E-state index in [-0.39, 0.29) is 6.42 Å². The van der Waals surface area contributed by atoms with Gasteiger partial charge < -0.3 is 10.0 Å². The molecular weight excluding hydrogens is 173 g/mol. The number of hydrogen-bond donors (Lipinski definition) is 1. The molecule has 3 nitrogen and oxygen atoms in total. The SMILES string of the molecule is CCN1CCC(F)(CC(=O)O)CC1. The summed E-state index contributed by atoms with van der Waals surface area (Å²) < 4.78 is 13.7. The van der Waals surface area contributed by atoms with Gasteiger partial charge in [0, 0.05) is 13.1 Å². The maximum absolute atomic E-state index is 13.7. The largest absolute Gasteiger partial charge is 0.481 e. The third-order valence-corrected chi connectivity index (χ3v) is 2.67. The summed E-state index contributed by atoms with van der Waals surface area (Å²) in [5, 5.41) is 8.50. The highest BCUT2D eigenvalue weighted by molar-refractivity contribution is 5.68. The molecule has 4 heteroatoms. The molecule has 13 heavy (non-hydrogen) atoms. The van der Waals surface area contributed by atoms with E-state index in [4.69, 9.17) is 5.11 Å². The minimum Gasteiger partial charge on any atom is -0.481 e. The first kappa shape index (κ1) is 10.4. The van der Waals surface area contributed by atoms with Crippen molar-refractivity contribution in [1.82, 2.24) is 4.90 Å². The van der Waals surface area contributed by atoms with E-state index in [0.717, 1.165) is 6.54 Å². The van der Waals surface area contributed by atoms with Crippen LogP contribution in [0.4, 0.5) is 4.39 Å². The fraction of sp³-hybridized carbons (Fsp3) is 0.889. The Morgan fingerprint density at radius 1 is 1.54 bits per heavy atom. The second-order valence-electron chi connectivity index (χ2n) is 3.66. The molecule has 0 radical (unpaired) electrons. The highest BCUT2D eigenvalue weighted by atomic mass is 19.1. The Balaban J connectivity index is 2.41. The van der Waals surface area contributed by atoms with Crippen LogP contribution in [-0.4, -0.2) is 41.3 Å². The number of hydrogen-bond acceptors (Lipinski definition) is 2. The summed E-state index contributed by atoms with van der Waals surface area (Å²) in [4.78, 5) is 12.5. The lowest BCUT2D eigenvalue weighted by Gasteiger charge is -2.34. The van der Waals surface area contributed by atoms with Gasteiger partial charge in [-0.2, -0.15) is 0 Å². The van der Waals surface area contributed by atoms with Gasteiger partial charge >= 0.3 is 5.97 Å². The predicted molar refractivity (Wildman–Crippen MR) is 47.4 cm³/mol. The molecule has 1 saturated heterocycles. The average molecular weight is 189 g/mol. The van der Waals surface area contributed by atoms with Gasteiger partial charge in [0.1, 0.15) is 5.67 Å². The first-order valence-electron chi connectivity index (χ1n) is 4.69. The van der Waals surface area contributed by atoms with Crippen LogP contribution in [0.2, 0.25) is 0 Å². The molecule has 1 aliphatic rings. The normalized spacial score (nSPS) is 22.9. The Bertz CT molecular complexity index is 188. The molecule has 0 aliphatic carbocycles. The zero-order chi connectivity index (χ0) is 9.90. The smallest absolute Gasteiger partial charge is 0.306 e. The number of piperidine rings is 1. The number of carboxylic acids is 1. The Labute approximate surface area is 77.5 Å². The number of rotatable bonds is 3. The maximum Gasteiger partial charge on any atom is 0.306 e. The summed E-state index contributed by atoms with van der Waals surface area (Å²) in [5.74, 6) is -1.03. The molecule has 1 aliphatic heterocycles. The lowest BCUT2D eigenvalue weighted by Crippen LogP contribution is -2.42. The average Bonchev–Trinajstić information content (AvgIpc) is 2.04. The molecule has 0 unspecified atom stereocenters. The van der Waals surface area contributed by atoms with Gasteiger partial charge in [0.2, 0.25) is 0 Å². The highest BCUT2D eigenvalue weighted by Gasteiger charge is 2.36. The molecule has 76 valence electrons. The van der Waals surface area contributed by atoms with Crippen LogP contribution in [0.25, 0.3) is 0 Å². The van der Waals surface area contributed by atoms with Gasteiger partial charge in [-0.05, 0) is 19.4 Å². The highest BCUT2D eigenvalue weighted by Crippen LogP contribution is 2.29. The van der Waals surface area contributed by atoms with E-state index in [2.05, 4.69) is 4.90 Å². The van der Waals surface area contributed by atoms with Crippen LogP contribution >= 0.6 is 0 Å². The fourth-order valence-electron chi connectivity index (χ4n) is 1.72. The van der Waals surface area contributed by atoms with Crippen molar-refractivity contribution in [1.29, 1.82) is 0 Å². The summed E-state index contributed by atoms with van der Waals surface area (Å²) in [6.45, 7) is 4.31. The third kappa shape index (κ3) is 2.95. The Morgan fingerprint density at radius 2 is 2.08 bits per heavy atom. The summed E-state index contributed by atoms with van der Waals surface area (Å²) >= 11 is 0. The fourth-order valence-corrected chi connectivity index (χ4v) is 1.72. The van der Waals surface area contributed by atoms with Gasteiger partial charge in [-0.25, -0.2) is 4.39 Å². The first-order valence-corrected chi connectivity index (χ1v) is 4.69. The van der Waals surface area contributed by atoms with Crippen molar-refractivity contribution in [2.45, 2.75) is 31.9 Å². The number of carbonyl (C=O) groups is 1. The first-order chi connectivity index (χ1) is 6.06. The monoisotopic (exact) mass is 189 g/mol. The van der Waals surface area contributed by atoms with Gasteiger partial charge in [-0.1, -0.05) is 6.92 Å². The molecule has 0 saturated carbocycles. The number of aliphatic carboxylic acids is 1. The number of halogens is 1. The Hall–Kier alpha value is -0.640. The van der Waals surface area contributed by atoms with E-state index in [0.29, 0.717) is 25.9 Å². The molecule has 0 aromatic carbocycles. The molecule has 0 atom stereocenters. The van der Waals surface area contributed by atoms with E-state index < -0.39 is 11.6 Å². The zero-order valence-electron chi connectivity index (χ0n) is 7.92. The topological polar surface area (TPSA) is 40.5 Å². The summed E-state index contributed by atoms with van der Waals surface area (Å²) in [7, 11) is 0. The summed E-state index contributed by atoms with van der Waals surface area (Å²) in [5.41, 5.74) is -1.46. The van der Waals surface area contributed by atoms with Crippen molar-refractivity contribution < 1.29 is 14.3 Å². The molecule has 1 N–H and O–H groups in total. The van der Waals surface area contributed by atoms with E-state index in [1.807, 2.05) is 6.92 Å². The maximum atomic E-state index is 13.7. The van der Waals surface area contributed by atoms with Crippen molar-refractivity contribution in [3.8, 4) is 0 Å². The Morgan fingerprint density at radius 3 is 2.46 bits per heavy atom. The number of likely N-dealkylation sites (tertiary alicyclic amines) is 1. The van der Waals surface area contributed by atoms with Crippen LogP contribution in [0.1, 0.15) is 26.2 Å². The van der Waals surface area contributed by atoms with Crippen molar-refractivity contribution >= 4 is 5.97 Å². The van der Waals surface area contributed by atoms with E-state index in [9.17, 15) is 9.18 Å². The summed E-state index contributed by atoms with van der Waals surface area (Å²) in [6, 6.07) is 0. The minimum atomic E-state index is -1.46. The molecule has 0 aromatic rings. The molecule has 0 bridgehead atoms. The van der Waals surface area contributed by atoms with Crippen LogP contribution in [0.15, 0.2) is 0 Å². The van der Waals surface area contributed by atoms with Crippen molar-refractivity contribution in [2.24, 2.45) is 0 Å². The van der Waals surface area contributed by atoms with Gasteiger partial charge in [0.05, 0.1) is 6.42 Å². The van der Waals surface area contributed by atoms with Crippen LogP contribution in [-0.2, 0) is 4.79 Å². The van der Waals surface area contributed by atoms with E-state index in [1.165, 1.54) is 0 Å². The number of carboxylic acid groups (broad SMARTS) is 1. The zero-order valence-corrected chi connectivity index (χ0v) is 7.92. The predicted octanol–water partition coefficient (Wildman–Crippen LogP) is 1.29. The van der Waals surface area contributed by atoms with Crippen molar-refractivity contribution in [3.05, 3.63) is 0 Å². The summed E-state index contributed by atoms with van der Waals surface area (Å²) in [6.07, 6.45) is 0.366. The lowest BCUT2D eigenvalue weighted by atomic mass is 9.90. The second-order valence-corrected chi connectivity index (χ2v) is 3.66. The minimum absolute atomic E-state index is 0.343. The second kappa shape index (κ2) is 4.05. The molecule has 1 heterocycles. The molecule has 1 fully saturated rings. The van der Waals surface area contributed by atoms with Crippen molar-refractivity contribution in [2.75, 3.05) is 19.6 Å². The molecule has 1 rings (SSSR count). The standard InChI is InChI=1S/C9H16FNO2/c1-2-11-5-3-9(10,4-6-11)7-8(12)13/h2-7H2,1H3,(H,12,13). The van der Waals surface area contributed by atoms with Gasteiger partial charge in [-0.15, -0.1) is 0 Å². The van der Waals surface area contributed by atoms with Crippen LogP contribution in [0, 0.1) is 0 Å². The molecule has 0 spiro atoms. The van der Waals surface area contributed by atoms with Crippen LogP contribution in [0.3, 0.4) is 0 Å². The lowest BCUT2D eigenvalue weighted by molar-refractivity contribution is -0.141. The van der Waals surface area contributed by atoms with Crippen LogP contribution in [0.5, 0.6) is 0 Å². The van der Waals surface area contributed by atoms with Crippen LogP contribution < -0.4 is 0 Å². The van der Waals surface area contributed by atoms with E-state index >= 15 is 0 Å². The quantitative estimate of drug-likeness (QED) is 0.727. The molecular formula is C9H16FNO2. The Kier molecular flexibility index (Phi) is 3.25. The van der Waals surface area contributed by atoms with E-state index in [1.54, 1.807) is 0 Å². The number of nitrogens with zero attached hydrogens (tertiary/aromatic N) is 1. The van der Waals surface area contributed by atoms with Gasteiger partial charge in [0.15, 0.2) is 0 Å². The molecule has 0 amide bonds. The third-order valence-electron chi connectivity index (χ3n) is 2.67. The van der Waals surface area contributed by atoms with Gasteiger partial charge in [0.25, 0.3) is 0 Å². The molecule has 0 aromatic heterocycles. The van der Waals surface area contributed by atoms with Crippen molar-refractivity contribution in [3.63, 3.8) is 0 Å². The van der Waals surface area contributed by atoms with Gasteiger partial charge in [-0.3, -0.25) is 4.79 Å².